The minimum absolute atomic E-state index is 0.0677. The zero-order valence-electron chi connectivity index (χ0n) is 24.0. The van der Waals surface area contributed by atoms with Gasteiger partial charge in [0.1, 0.15) is 4.88 Å². The molecular weight excluding hydrogens is 641 g/mol. The van der Waals surface area contributed by atoms with E-state index in [4.69, 9.17) is 0 Å². The van der Waals surface area contributed by atoms with E-state index in [-0.39, 0.29) is 35.1 Å². The normalized spacial score (nSPS) is 16.8. The first-order valence-electron chi connectivity index (χ1n) is 13.8. The number of sulfone groups is 1. The Morgan fingerprint density at radius 3 is 2.44 bits per heavy atom. The molecule has 1 aliphatic heterocycles. The van der Waals surface area contributed by atoms with E-state index in [1.807, 2.05) is 11.0 Å². The lowest BCUT2D eigenvalue weighted by Crippen LogP contribution is -2.55. The number of anilines is 1. The van der Waals surface area contributed by atoms with Crippen molar-refractivity contribution in [2.45, 2.75) is 49.7 Å². The Kier molecular flexibility index (Phi) is 11.1. The van der Waals surface area contributed by atoms with Crippen LogP contribution in [0.2, 0.25) is 0 Å². The maximum atomic E-state index is 13.1. The molecule has 242 valence electrons. The highest BCUT2D eigenvalue weighted by atomic mass is 32.2. The predicted octanol–water partition coefficient (Wildman–Crippen LogP) is 5.27. The van der Waals surface area contributed by atoms with Crippen molar-refractivity contribution in [1.82, 2.24) is 15.2 Å². The fraction of sp³-hybridized carbons (Fsp3) is 0.414. The summed E-state index contributed by atoms with van der Waals surface area (Å²) in [7, 11) is -3.42. The fourth-order valence-electron chi connectivity index (χ4n) is 4.85. The first-order chi connectivity index (χ1) is 21.3. The maximum absolute atomic E-state index is 13.1. The lowest BCUT2D eigenvalue weighted by molar-refractivity contribution is -0.137. The molecule has 0 spiro atoms. The van der Waals surface area contributed by atoms with Crippen LogP contribution in [0.1, 0.15) is 45.7 Å². The summed E-state index contributed by atoms with van der Waals surface area (Å²) in [6.07, 6.45) is -3.19. The van der Waals surface area contributed by atoms with E-state index in [1.54, 1.807) is 17.0 Å². The Morgan fingerprint density at radius 1 is 1.16 bits per heavy atom. The summed E-state index contributed by atoms with van der Waals surface area (Å²) in [5.41, 5.74) is 0.409. The molecule has 1 saturated heterocycles. The van der Waals surface area contributed by atoms with Gasteiger partial charge < -0.3 is 15.0 Å². The van der Waals surface area contributed by atoms with Gasteiger partial charge in [0.25, 0.3) is 5.91 Å². The number of hydrogen-bond acceptors (Lipinski definition) is 9. The standard InChI is InChI=1S/C29H30F5N5O4S2/c1-2-45(41,42)23-9-5-20(6-10-23)24(11-12-35)37-26(40)25-15-36-28(44-25)39-14-13-38(17-22(39)18-43-27(30)31)16-19-3-7-21(8-4-19)29(32,33)34/h3-10,15,22,24,27H,2,11,13-14,16-18H2,1H3,(H,37,40)/t22?,24-/m0/s1. The van der Waals surface area contributed by atoms with Crippen molar-refractivity contribution in [1.29, 1.82) is 5.26 Å². The summed E-state index contributed by atoms with van der Waals surface area (Å²) in [6, 6.07) is 11.4. The minimum atomic E-state index is -4.45. The van der Waals surface area contributed by atoms with Crippen LogP contribution >= 0.6 is 11.3 Å². The van der Waals surface area contributed by atoms with Gasteiger partial charge >= 0.3 is 12.8 Å². The summed E-state index contributed by atoms with van der Waals surface area (Å²) >= 11 is 1.03. The van der Waals surface area contributed by atoms with Gasteiger partial charge in [0.05, 0.1) is 53.6 Å². The summed E-state index contributed by atoms with van der Waals surface area (Å²) in [5, 5.41) is 12.5. The molecule has 1 N–H and O–H groups in total. The molecule has 45 heavy (non-hydrogen) atoms. The molecule has 2 heterocycles. The van der Waals surface area contributed by atoms with Crippen LogP contribution in [0.25, 0.3) is 0 Å². The van der Waals surface area contributed by atoms with Crippen molar-refractivity contribution in [2.75, 3.05) is 36.9 Å². The topological polar surface area (TPSA) is 116 Å². The Labute approximate surface area is 261 Å². The number of piperazine rings is 1. The number of nitriles is 1. The number of carbonyl (C=O) groups excluding carboxylic acids is 1. The molecule has 0 radical (unpaired) electrons. The number of amides is 1. The molecule has 1 fully saturated rings. The second-order valence-electron chi connectivity index (χ2n) is 10.2. The van der Waals surface area contributed by atoms with E-state index >= 15 is 0 Å². The Balaban J connectivity index is 1.45. The van der Waals surface area contributed by atoms with Gasteiger partial charge in [0.2, 0.25) is 0 Å². The van der Waals surface area contributed by atoms with Gasteiger partial charge in [-0.2, -0.15) is 27.2 Å². The van der Waals surface area contributed by atoms with Gasteiger partial charge in [-0.15, -0.1) is 0 Å². The molecule has 2 atom stereocenters. The Bertz CT molecular complexity index is 1590. The molecule has 0 bridgehead atoms. The number of halogens is 5. The highest BCUT2D eigenvalue weighted by Gasteiger charge is 2.32. The first-order valence-corrected chi connectivity index (χ1v) is 16.3. The second kappa shape index (κ2) is 14.6. The van der Waals surface area contributed by atoms with Gasteiger partial charge in [-0.25, -0.2) is 13.4 Å². The van der Waals surface area contributed by atoms with E-state index in [9.17, 15) is 40.4 Å². The maximum Gasteiger partial charge on any atom is 0.416 e. The molecule has 1 aromatic heterocycles. The average molecular weight is 672 g/mol. The number of benzene rings is 2. The van der Waals surface area contributed by atoms with Crippen LogP contribution in [0.4, 0.5) is 27.1 Å². The van der Waals surface area contributed by atoms with E-state index in [0.29, 0.717) is 35.9 Å². The molecule has 1 amide bonds. The van der Waals surface area contributed by atoms with Crippen LogP contribution in [0.5, 0.6) is 0 Å². The summed E-state index contributed by atoms with van der Waals surface area (Å²) < 4.78 is 93.5. The quantitative estimate of drug-likeness (QED) is 0.259. The average Bonchev–Trinajstić information content (AvgIpc) is 3.50. The van der Waals surface area contributed by atoms with E-state index < -0.39 is 46.2 Å². The third-order valence-corrected chi connectivity index (χ3v) is 10.0. The number of alkyl halides is 5. The van der Waals surface area contributed by atoms with Crippen molar-refractivity contribution in [3.8, 4) is 6.07 Å². The van der Waals surface area contributed by atoms with Crippen molar-refractivity contribution in [2.24, 2.45) is 0 Å². The summed E-state index contributed by atoms with van der Waals surface area (Å²) in [5.74, 6) is -0.590. The SMILES string of the molecule is CCS(=O)(=O)c1ccc([C@H](CC#N)NC(=O)c2cnc(N3CCN(Cc4ccc(C(F)(F)F)cc4)CC3COC(F)F)s2)cc1. The molecule has 2 aromatic carbocycles. The number of aromatic nitrogens is 1. The zero-order valence-corrected chi connectivity index (χ0v) is 25.6. The van der Waals surface area contributed by atoms with E-state index in [1.165, 1.54) is 37.4 Å². The molecule has 0 aliphatic carbocycles. The molecule has 0 saturated carbocycles. The number of ether oxygens (including phenoxy) is 1. The van der Waals surface area contributed by atoms with E-state index in [2.05, 4.69) is 15.0 Å². The molecule has 1 aliphatic rings. The van der Waals surface area contributed by atoms with Crippen LogP contribution in [0.3, 0.4) is 0 Å². The van der Waals surface area contributed by atoms with Crippen molar-refractivity contribution >= 4 is 32.2 Å². The summed E-state index contributed by atoms with van der Waals surface area (Å²) in [4.78, 5) is 21.5. The van der Waals surface area contributed by atoms with Crippen LogP contribution in [0.15, 0.2) is 59.6 Å². The van der Waals surface area contributed by atoms with Gasteiger partial charge in [0, 0.05) is 26.2 Å². The third-order valence-electron chi connectivity index (χ3n) is 7.25. The molecule has 4 rings (SSSR count). The molecule has 9 nitrogen and oxygen atoms in total. The molecule has 1 unspecified atom stereocenters. The highest BCUT2D eigenvalue weighted by Crippen LogP contribution is 2.31. The molecule has 16 heteroatoms. The van der Waals surface area contributed by atoms with Gasteiger partial charge in [-0.1, -0.05) is 42.5 Å². The lowest BCUT2D eigenvalue weighted by atomic mass is 10.0. The van der Waals surface area contributed by atoms with Crippen LogP contribution in [-0.2, 0) is 27.3 Å². The zero-order chi connectivity index (χ0) is 32.8. The van der Waals surface area contributed by atoms with Crippen LogP contribution in [0, 0.1) is 11.3 Å². The number of nitrogens with one attached hydrogen (secondary N) is 1. The van der Waals surface area contributed by atoms with Gasteiger partial charge in [0.15, 0.2) is 15.0 Å². The van der Waals surface area contributed by atoms with E-state index in [0.717, 1.165) is 23.5 Å². The number of nitrogens with zero attached hydrogens (tertiary/aromatic N) is 4. The largest absolute Gasteiger partial charge is 0.416 e. The Hall–Kier alpha value is -3.65. The predicted molar refractivity (Wildman–Crippen MR) is 157 cm³/mol. The van der Waals surface area contributed by atoms with Crippen LogP contribution in [-0.4, -0.2) is 68.9 Å². The van der Waals surface area contributed by atoms with Crippen molar-refractivity contribution in [3.63, 3.8) is 0 Å². The number of carbonyl (C=O) groups is 1. The second-order valence-corrected chi connectivity index (χ2v) is 13.5. The highest BCUT2D eigenvalue weighted by molar-refractivity contribution is 7.91. The van der Waals surface area contributed by atoms with Gasteiger partial charge in [-0.3, -0.25) is 9.69 Å². The smallest absolute Gasteiger partial charge is 0.343 e. The summed E-state index contributed by atoms with van der Waals surface area (Å²) in [6.45, 7) is -0.503. The monoisotopic (exact) mass is 671 g/mol. The first kappa shape index (κ1) is 34.2. The van der Waals surface area contributed by atoms with Crippen molar-refractivity contribution < 1.29 is 39.9 Å². The van der Waals surface area contributed by atoms with Crippen LogP contribution < -0.4 is 10.2 Å². The minimum Gasteiger partial charge on any atom is -0.343 e. The third kappa shape index (κ3) is 8.97. The number of rotatable bonds is 12. The molecule has 3 aromatic rings. The van der Waals surface area contributed by atoms with Crippen molar-refractivity contribution in [3.05, 3.63) is 76.3 Å². The lowest BCUT2D eigenvalue weighted by Gasteiger charge is -2.41. The van der Waals surface area contributed by atoms with Gasteiger partial charge in [-0.05, 0) is 35.4 Å². The number of hydrogen-bond donors (Lipinski definition) is 1. The number of thiazole rings is 1. The fourth-order valence-corrected chi connectivity index (χ4v) is 6.65. The Morgan fingerprint density at radius 2 is 1.84 bits per heavy atom. The molecular formula is C29H30F5N5O4S2.